The Labute approximate surface area is 181 Å². The third kappa shape index (κ3) is 5.98. The van der Waals surface area contributed by atoms with Crippen LogP contribution in [0.5, 0.6) is 11.6 Å². The molecule has 12 heteroatoms. The molecular weight excluding hydrogens is 426 g/mol. The van der Waals surface area contributed by atoms with Gasteiger partial charge in [0.25, 0.3) is 5.91 Å². The minimum absolute atomic E-state index is 0.0316. The van der Waals surface area contributed by atoms with Crippen molar-refractivity contribution in [3.8, 4) is 22.9 Å². The SMILES string of the molecule is COc1cc(/C=N/NC(=O)c2cncc(-c3ccc(OC(F)F)nc3)n2)nc(C(C)O)c1. The first-order chi connectivity index (χ1) is 15.4. The number of aromatic nitrogens is 4. The molecule has 0 saturated carbocycles. The number of methoxy groups -OCH3 is 1. The molecule has 3 rings (SSSR count). The fraction of sp³-hybridized carbons (Fsp3) is 0.200. The summed E-state index contributed by atoms with van der Waals surface area (Å²) in [4.78, 5) is 28.5. The van der Waals surface area contributed by atoms with E-state index in [1.54, 1.807) is 19.1 Å². The maximum absolute atomic E-state index is 12.4. The van der Waals surface area contributed by atoms with Crippen LogP contribution in [0.25, 0.3) is 11.3 Å². The van der Waals surface area contributed by atoms with Crippen molar-refractivity contribution in [2.24, 2.45) is 5.10 Å². The van der Waals surface area contributed by atoms with Gasteiger partial charge < -0.3 is 14.6 Å². The molecule has 0 aromatic carbocycles. The average Bonchev–Trinajstić information content (AvgIpc) is 2.79. The van der Waals surface area contributed by atoms with E-state index in [9.17, 15) is 18.7 Å². The second-order valence-corrected chi connectivity index (χ2v) is 6.28. The van der Waals surface area contributed by atoms with Crippen LogP contribution in [0.3, 0.4) is 0 Å². The van der Waals surface area contributed by atoms with E-state index in [1.165, 1.54) is 44.0 Å². The molecule has 1 amide bonds. The van der Waals surface area contributed by atoms with Gasteiger partial charge in [-0.05, 0) is 13.0 Å². The van der Waals surface area contributed by atoms with Gasteiger partial charge in [0.15, 0.2) is 0 Å². The maximum atomic E-state index is 12.4. The molecule has 3 aromatic rings. The number of rotatable bonds is 8. The van der Waals surface area contributed by atoms with Crippen LogP contribution in [0.2, 0.25) is 0 Å². The van der Waals surface area contributed by atoms with Crippen molar-refractivity contribution in [3.63, 3.8) is 0 Å². The van der Waals surface area contributed by atoms with Crippen molar-refractivity contribution in [2.45, 2.75) is 19.6 Å². The third-order valence-corrected chi connectivity index (χ3v) is 3.97. The predicted octanol–water partition coefficient (Wildman–Crippen LogP) is 2.36. The van der Waals surface area contributed by atoms with Gasteiger partial charge in [-0.1, -0.05) is 0 Å². The highest BCUT2D eigenvalue weighted by molar-refractivity contribution is 5.93. The number of nitrogens with zero attached hydrogens (tertiary/aromatic N) is 5. The molecule has 2 N–H and O–H groups in total. The zero-order valence-electron chi connectivity index (χ0n) is 16.9. The van der Waals surface area contributed by atoms with Crippen LogP contribution in [0.15, 0.2) is 48.0 Å². The van der Waals surface area contributed by atoms with Crippen LogP contribution >= 0.6 is 0 Å². The van der Waals surface area contributed by atoms with Gasteiger partial charge >= 0.3 is 6.61 Å². The van der Waals surface area contributed by atoms with Crippen molar-refractivity contribution < 1.29 is 28.2 Å². The number of ether oxygens (including phenoxy) is 2. The number of aliphatic hydroxyl groups is 1. The van der Waals surface area contributed by atoms with Gasteiger partial charge in [-0.3, -0.25) is 9.78 Å². The first-order valence-electron chi connectivity index (χ1n) is 9.16. The van der Waals surface area contributed by atoms with Crippen molar-refractivity contribution in [1.82, 2.24) is 25.4 Å². The number of aliphatic hydroxyl groups excluding tert-OH is 1. The van der Waals surface area contributed by atoms with Crippen LogP contribution in [-0.4, -0.2) is 50.9 Å². The fourth-order valence-electron chi connectivity index (χ4n) is 2.47. The zero-order valence-corrected chi connectivity index (χ0v) is 16.9. The minimum atomic E-state index is -2.98. The fourth-order valence-corrected chi connectivity index (χ4v) is 2.47. The first kappa shape index (κ1) is 22.6. The summed E-state index contributed by atoms with van der Waals surface area (Å²) >= 11 is 0. The monoisotopic (exact) mass is 444 g/mol. The van der Waals surface area contributed by atoms with E-state index in [0.29, 0.717) is 28.4 Å². The molecular formula is C20H18F2N6O4. The number of carbonyl (C=O) groups excluding carboxylic acids is 1. The Morgan fingerprint density at radius 3 is 2.69 bits per heavy atom. The van der Waals surface area contributed by atoms with E-state index in [4.69, 9.17) is 4.74 Å². The highest BCUT2D eigenvalue weighted by Crippen LogP contribution is 2.19. The number of pyridine rings is 2. The number of halogens is 2. The standard InChI is InChI=1S/C20H18F2N6O4/c1-11(29)15-6-14(31-2)5-13(26-15)8-25-28-19(30)17-10-23-9-16(27-17)12-3-4-18(24-7-12)32-20(21)22/h3-11,20,29H,1-2H3,(H,28,30)/b25-8+. The van der Waals surface area contributed by atoms with E-state index >= 15 is 0 Å². The predicted molar refractivity (Wildman–Crippen MR) is 108 cm³/mol. The Hall–Kier alpha value is -4.06. The highest BCUT2D eigenvalue weighted by Gasteiger charge is 2.11. The minimum Gasteiger partial charge on any atom is -0.497 e. The molecule has 0 fully saturated rings. The first-order valence-corrected chi connectivity index (χ1v) is 9.16. The Kier molecular flexibility index (Phi) is 7.29. The highest BCUT2D eigenvalue weighted by atomic mass is 19.3. The summed E-state index contributed by atoms with van der Waals surface area (Å²) in [5.41, 5.74) is 3.77. The molecule has 0 aliphatic heterocycles. The Balaban J connectivity index is 1.71. The summed E-state index contributed by atoms with van der Waals surface area (Å²) in [6, 6.07) is 5.88. The van der Waals surface area contributed by atoms with Gasteiger partial charge in [-0.2, -0.15) is 13.9 Å². The van der Waals surface area contributed by atoms with Crippen LogP contribution in [0.4, 0.5) is 8.78 Å². The van der Waals surface area contributed by atoms with Gasteiger partial charge in [0.2, 0.25) is 5.88 Å². The van der Waals surface area contributed by atoms with Crippen LogP contribution in [-0.2, 0) is 0 Å². The Morgan fingerprint density at radius 2 is 2.03 bits per heavy atom. The molecule has 166 valence electrons. The van der Waals surface area contributed by atoms with Crippen LogP contribution in [0.1, 0.15) is 34.9 Å². The molecule has 3 heterocycles. The van der Waals surface area contributed by atoms with E-state index in [1.807, 2.05) is 0 Å². The summed E-state index contributed by atoms with van der Waals surface area (Å²) in [6.07, 6.45) is 4.38. The van der Waals surface area contributed by atoms with E-state index in [0.717, 1.165) is 0 Å². The number of hydrogen-bond acceptors (Lipinski definition) is 9. The van der Waals surface area contributed by atoms with Gasteiger partial charge in [0.1, 0.15) is 11.4 Å². The van der Waals surface area contributed by atoms with Crippen LogP contribution in [0, 0.1) is 0 Å². The largest absolute Gasteiger partial charge is 0.497 e. The van der Waals surface area contributed by atoms with Crippen molar-refractivity contribution in [1.29, 1.82) is 0 Å². The Morgan fingerprint density at radius 1 is 1.22 bits per heavy atom. The van der Waals surface area contributed by atoms with E-state index in [-0.39, 0.29) is 11.6 Å². The van der Waals surface area contributed by atoms with Gasteiger partial charge in [0.05, 0.1) is 48.9 Å². The summed E-state index contributed by atoms with van der Waals surface area (Å²) in [7, 11) is 1.48. The van der Waals surface area contributed by atoms with E-state index in [2.05, 4.69) is 35.2 Å². The second kappa shape index (κ2) is 10.3. The summed E-state index contributed by atoms with van der Waals surface area (Å²) in [5.74, 6) is -0.412. The number of hydrogen-bond donors (Lipinski definition) is 2. The van der Waals surface area contributed by atoms with Gasteiger partial charge in [0, 0.05) is 30.0 Å². The molecule has 0 saturated heterocycles. The molecule has 0 bridgehead atoms. The molecule has 10 nitrogen and oxygen atoms in total. The van der Waals surface area contributed by atoms with Crippen molar-refractivity contribution in [3.05, 3.63) is 59.9 Å². The summed E-state index contributed by atoms with van der Waals surface area (Å²) in [6.45, 7) is -1.42. The molecule has 0 radical (unpaired) electrons. The second-order valence-electron chi connectivity index (χ2n) is 6.28. The van der Waals surface area contributed by atoms with Crippen LogP contribution < -0.4 is 14.9 Å². The number of nitrogens with one attached hydrogen (secondary N) is 1. The lowest BCUT2D eigenvalue weighted by Crippen LogP contribution is -2.19. The quantitative estimate of drug-likeness (QED) is 0.400. The van der Waals surface area contributed by atoms with E-state index < -0.39 is 18.6 Å². The zero-order chi connectivity index (χ0) is 23.1. The van der Waals surface area contributed by atoms with Crippen molar-refractivity contribution >= 4 is 12.1 Å². The molecule has 32 heavy (non-hydrogen) atoms. The maximum Gasteiger partial charge on any atom is 0.388 e. The van der Waals surface area contributed by atoms with Crippen molar-refractivity contribution in [2.75, 3.05) is 7.11 Å². The molecule has 0 aliphatic carbocycles. The third-order valence-electron chi connectivity index (χ3n) is 3.97. The lowest BCUT2D eigenvalue weighted by Gasteiger charge is -2.08. The molecule has 1 atom stereocenters. The smallest absolute Gasteiger partial charge is 0.388 e. The number of amides is 1. The Bertz CT molecular complexity index is 1110. The average molecular weight is 444 g/mol. The van der Waals surface area contributed by atoms with Gasteiger partial charge in [-0.25, -0.2) is 20.4 Å². The summed E-state index contributed by atoms with van der Waals surface area (Å²) < 4.78 is 33.8. The summed E-state index contributed by atoms with van der Waals surface area (Å²) in [5, 5.41) is 13.6. The molecule has 0 spiro atoms. The topological polar surface area (TPSA) is 132 Å². The number of alkyl halides is 2. The number of hydrazone groups is 1. The number of carbonyl (C=O) groups is 1. The molecule has 0 aliphatic rings. The molecule has 1 unspecified atom stereocenters. The lowest BCUT2D eigenvalue weighted by molar-refractivity contribution is -0.0528. The molecule has 3 aromatic heterocycles. The lowest BCUT2D eigenvalue weighted by atomic mass is 10.2. The van der Waals surface area contributed by atoms with Gasteiger partial charge in [-0.15, -0.1) is 0 Å². The normalized spacial score (nSPS) is 12.1.